The summed E-state index contributed by atoms with van der Waals surface area (Å²) < 4.78 is 26.5. The van der Waals surface area contributed by atoms with Crippen molar-refractivity contribution < 1.29 is 18.4 Å². The van der Waals surface area contributed by atoms with Gasteiger partial charge in [0.15, 0.2) is 16.8 Å². The maximum atomic E-state index is 13.4. The number of benzene rings is 2. The van der Waals surface area contributed by atoms with Crippen LogP contribution in [0.4, 0.5) is 13.9 Å². The number of thiazole rings is 1. The van der Waals surface area contributed by atoms with E-state index >= 15 is 0 Å². The van der Waals surface area contributed by atoms with Crippen molar-refractivity contribution in [1.82, 2.24) is 9.88 Å². The highest BCUT2D eigenvalue weighted by atomic mass is 32.1. The van der Waals surface area contributed by atoms with E-state index in [-0.39, 0.29) is 18.2 Å². The quantitative estimate of drug-likeness (QED) is 0.686. The third-order valence-corrected chi connectivity index (χ3v) is 5.51. The van der Waals surface area contributed by atoms with Gasteiger partial charge in [0.1, 0.15) is 0 Å². The fraction of sp³-hybridized carbons (Fsp3) is 0.190. The van der Waals surface area contributed by atoms with Crippen molar-refractivity contribution in [2.45, 2.75) is 13.0 Å². The molecule has 3 aromatic rings. The van der Waals surface area contributed by atoms with Crippen molar-refractivity contribution >= 4 is 28.3 Å². The lowest BCUT2D eigenvalue weighted by Gasteiger charge is -2.16. The predicted octanol–water partition coefficient (Wildman–Crippen LogP) is 4.08. The Morgan fingerprint density at radius 3 is 2.72 bits per heavy atom. The molecular formula is C21H17F2N3O2S. The van der Waals surface area contributed by atoms with Gasteiger partial charge in [-0.15, -0.1) is 11.3 Å². The molecule has 1 N–H and O–H groups in total. The Bertz CT molecular complexity index is 1060. The van der Waals surface area contributed by atoms with Crippen LogP contribution in [0.5, 0.6) is 0 Å². The Labute approximate surface area is 170 Å². The molecule has 2 aromatic carbocycles. The van der Waals surface area contributed by atoms with Gasteiger partial charge < -0.3 is 10.2 Å². The molecule has 1 saturated heterocycles. The minimum atomic E-state index is -0.955. The zero-order valence-electron chi connectivity index (χ0n) is 15.3. The number of aromatic nitrogens is 1. The largest absolute Gasteiger partial charge is 0.338 e. The summed E-state index contributed by atoms with van der Waals surface area (Å²) in [6.07, 6.45) is 0.153. The average Bonchev–Trinajstić information content (AvgIpc) is 3.32. The van der Waals surface area contributed by atoms with Crippen molar-refractivity contribution in [3.63, 3.8) is 0 Å². The highest BCUT2D eigenvalue weighted by molar-refractivity contribution is 7.14. The van der Waals surface area contributed by atoms with E-state index in [0.29, 0.717) is 29.5 Å². The molecule has 0 saturated carbocycles. The number of hydrogen-bond donors (Lipinski definition) is 1. The minimum absolute atomic E-state index is 0.0596. The Morgan fingerprint density at radius 2 is 1.97 bits per heavy atom. The maximum Gasteiger partial charge on any atom is 0.231 e. The minimum Gasteiger partial charge on any atom is -0.338 e. The molecule has 1 aliphatic rings. The lowest BCUT2D eigenvalue weighted by molar-refractivity contribution is -0.128. The highest BCUT2D eigenvalue weighted by Crippen LogP contribution is 2.27. The summed E-state index contributed by atoms with van der Waals surface area (Å²) in [5, 5.41) is 4.73. The second kappa shape index (κ2) is 8.08. The predicted molar refractivity (Wildman–Crippen MR) is 106 cm³/mol. The fourth-order valence-electron chi connectivity index (χ4n) is 3.23. The summed E-state index contributed by atoms with van der Waals surface area (Å²) in [7, 11) is 0. The van der Waals surface area contributed by atoms with Gasteiger partial charge in [-0.2, -0.15) is 0 Å². The molecule has 0 spiro atoms. The first kappa shape index (κ1) is 19.2. The van der Waals surface area contributed by atoms with E-state index in [1.165, 1.54) is 17.4 Å². The number of amides is 2. The number of likely N-dealkylation sites (tertiary alicyclic amines) is 1. The average molecular weight is 413 g/mol. The number of carbonyl (C=O) groups is 2. The summed E-state index contributed by atoms with van der Waals surface area (Å²) in [5.41, 5.74) is 1.88. The zero-order chi connectivity index (χ0) is 20.4. The molecular weight excluding hydrogens is 396 g/mol. The second-order valence-electron chi connectivity index (χ2n) is 6.82. The van der Waals surface area contributed by atoms with Crippen molar-refractivity contribution in [1.29, 1.82) is 0 Å². The number of nitrogens with zero attached hydrogens (tertiary/aromatic N) is 2. The summed E-state index contributed by atoms with van der Waals surface area (Å²) in [6.45, 7) is 0.821. The Kier molecular flexibility index (Phi) is 5.35. The molecule has 29 heavy (non-hydrogen) atoms. The Hall–Kier alpha value is -3.13. The second-order valence-corrected chi connectivity index (χ2v) is 7.68. The SMILES string of the molecule is O=C(Nc1nc(-c2ccc(F)c(F)c2)cs1)[C@H]1CC(=O)N(Cc2ccccc2)C1. The standard InChI is InChI=1S/C21H17F2N3O2S/c22-16-7-6-14(8-17(16)23)18-12-29-21(24-18)25-20(28)15-9-19(27)26(11-15)10-13-4-2-1-3-5-13/h1-8,12,15H,9-11H2,(H,24,25,28)/t15-/m0/s1. The van der Waals surface area contributed by atoms with Crippen LogP contribution in [0, 0.1) is 17.6 Å². The van der Waals surface area contributed by atoms with Crippen molar-refractivity contribution in [2.75, 3.05) is 11.9 Å². The molecule has 2 heterocycles. The normalized spacial score (nSPS) is 16.3. The fourth-order valence-corrected chi connectivity index (χ4v) is 3.95. The first-order valence-corrected chi connectivity index (χ1v) is 9.91. The molecule has 8 heteroatoms. The number of nitrogens with one attached hydrogen (secondary N) is 1. The summed E-state index contributed by atoms with van der Waals surface area (Å²) in [6, 6.07) is 13.1. The van der Waals surface area contributed by atoms with Gasteiger partial charge in [-0.05, 0) is 23.8 Å². The van der Waals surface area contributed by atoms with Gasteiger partial charge in [-0.3, -0.25) is 9.59 Å². The first-order chi connectivity index (χ1) is 14.0. The van der Waals surface area contributed by atoms with Gasteiger partial charge in [0.2, 0.25) is 11.8 Å². The number of rotatable bonds is 5. The lowest BCUT2D eigenvalue weighted by atomic mass is 10.1. The van der Waals surface area contributed by atoms with Crippen molar-refractivity contribution in [3.8, 4) is 11.3 Å². The van der Waals surface area contributed by atoms with Gasteiger partial charge in [0.05, 0.1) is 11.6 Å². The molecule has 1 fully saturated rings. The molecule has 1 atom stereocenters. The molecule has 0 bridgehead atoms. The van der Waals surface area contributed by atoms with E-state index in [0.717, 1.165) is 17.7 Å². The number of carbonyl (C=O) groups excluding carboxylic acids is 2. The molecule has 1 aromatic heterocycles. The van der Waals surface area contributed by atoms with Crippen molar-refractivity contribution in [3.05, 3.63) is 71.1 Å². The molecule has 5 nitrogen and oxygen atoms in total. The monoisotopic (exact) mass is 413 g/mol. The van der Waals surface area contributed by atoms with Gasteiger partial charge in [0, 0.05) is 30.5 Å². The molecule has 4 rings (SSSR count). The van der Waals surface area contributed by atoms with Crippen LogP contribution in [0.25, 0.3) is 11.3 Å². The number of halogens is 2. The van der Waals surface area contributed by atoms with Gasteiger partial charge in [0.25, 0.3) is 0 Å². The van der Waals surface area contributed by atoms with Crippen LogP contribution >= 0.6 is 11.3 Å². The number of anilines is 1. The summed E-state index contributed by atoms with van der Waals surface area (Å²) in [5.74, 6) is -2.68. The van der Waals surface area contributed by atoms with Crippen LogP contribution < -0.4 is 5.32 Å². The van der Waals surface area contributed by atoms with Gasteiger partial charge in [-0.1, -0.05) is 30.3 Å². The Balaban J connectivity index is 1.39. The Morgan fingerprint density at radius 1 is 1.17 bits per heavy atom. The molecule has 2 amide bonds. The summed E-state index contributed by atoms with van der Waals surface area (Å²) in [4.78, 5) is 30.8. The third kappa shape index (κ3) is 4.32. The van der Waals surface area contributed by atoms with E-state index < -0.39 is 17.6 Å². The van der Waals surface area contributed by atoms with E-state index in [1.807, 2.05) is 30.3 Å². The zero-order valence-corrected chi connectivity index (χ0v) is 16.1. The summed E-state index contributed by atoms with van der Waals surface area (Å²) >= 11 is 1.19. The van der Waals surface area contributed by atoms with Crippen LogP contribution in [0.15, 0.2) is 53.9 Å². The molecule has 0 aliphatic carbocycles. The highest BCUT2D eigenvalue weighted by Gasteiger charge is 2.34. The molecule has 148 valence electrons. The van der Waals surface area contributed by atoms with Crippen LogP contribution in [0.2, 0.25) is 0 Å². The van der Waals surface area contributed by atoms with Crippen LogP contribution in [-0.4, -0.2) is 28.2 Å². The van der Waals surface area contributed by atoms with E-state index in [4.69, 9.17) is 0 Å². The lowest BCUT2D eigenvalue weighted by Crippen LogP contribution is -2.28. The first-order valence-electron chi connectivity index (χ1n) is 9.03. The van der Waals surface area contributed by atoms with E-state index in [1.54, 1.807) is 10.3 Å². The maximum absolute atomic E-state index is 13.4. The van der Waals surface area contributed by atoms with Crippen molar-refractivity contribution in [2.24, 2.45) is 5.92 Å². The van der Waals surface area contributed by atoms with Gasteiger partial charge in [-0.25, -0.2) is 13.8 Å². The molecule has 0 unspecified atom stereocenters. The van der Waals surface area contributed by atoms with Crippen LogP contribution in [0.1, 0.15) is 12.0 Å². The number of hydrogen-bond acceptors (Lipinski definition) is 4. The van der Waals surface area contributed by atoms with Crippen LogP contribution in [-0.2, 0) is 16.1 Å². The molecule has 1 aliphatic heterocycles. The van der Waals surface area contributed by atoms with Gasteiger partial charge >= 0.3 is 0 Å². The topological polar surface area (TPSA) is 62.3 Å². The smallest absolute Gasteiger partial charge is 0.231 e. The third-order valence-electron chi connectivity index (χ3n) is 4.75. The van der Waals surface area contributed by atoms with Crippen LogP contribution in [0.3, 0.4) is 0 Å². The van der Waals surface area contributed by atoms with E-state index in [2.05, 4.69) is 10.3 Å². The van der Waals surface area contributed by atoms with E-state index in [9.17, 15) is 18.4 Å². The molecule has 0 radical (unpaired) electrons.